The van der Waals surface area contributed by atoms with Gasteiger partial charge in [0.25, 0.3) is 15.9 Å². The molecule has 30 heavy (non-hydrogen) atoms. The van der Waals surface area contributed by atoms with E-state index in [1.807, 2.05) is 26.8 Å². The summed E-state index contributed by atoms with van der Waals surface area (Å²) < 4.78 is 33.0. The van der Waals surface area contributed by atoms with Gasteiger partial charge in [-0.2, -0.15) is 0 Å². The average molecular weight is 433 g/mol. The molecule has 0 heterocycles. The number of ether oxygens (including phenoxy) is 1. The van der Waals surface area contributed by atoms with E-state index in [4.69, 9.17) is 4.74 Å². The van der Waals surface area contributed by atoms with Gasteiger partial charge in [0.05, 0.1) is 10.5 Å². The third-order valence-corrected chi connectivity index (χ3v) is 6.07. The van der Waals surface area contributed by atoms with E-state index in [2.05, 4.69) is 10.0 Å². The predicted octanol–water partition coefficient (Wildman–Crippen LogP) is 3.57. The van der Waals surface area contributed by atoms with Crippen LogP contribution >= 0.6 is 0 Å². The first kappa shape index (κ1) is 23.4. The number of hydrogen-bond donors (Lipinski definition) is 2. The Morgan fingerprint density at radius 2 is 1.73 bits per heavy atom. The van der Waals surface area contributed by atoms with Crippen LogP contribution in [0.2, 0.25) is 0 Å². The molecule has 2 aromatic rings. The lowest BCUT2D eigenvalue weighted by atomic mass is 10.1. The Morgan fingerprint density at radius 3 is 2.37 bits per heavy atom. The molecule has 0 aliphatic carbocycles. The monoisotopic (exact) mass is 432 g/mol. The molecule has 1 amide bonds. The maximum atomic E-state index is 12.7. The zero-order chi connectivity index (χ0) is 22.3. The second-order valence-electron chi connectivity index (χ2n) is 7.11. The molecule has 7 nitrogen and oxygen atoms in total. The highest BCUT2D eigenvalue weighted by atomic mass is 32.2. The quantitative estimate of drug-likeness (QED) is 0.590. The number of sulfonamides is 1. The van der Waals surface area contributed by atoms with Crippen LogP contribution in [0.5, 0.6) is 0 Å². The number of anilines is 1. The highest BCUT2D eigenvalue weighted by Gasteiger charge is 2.20. The van der Waals surface area contributed by atoms with Gasteiger partial charge < -0.3 is 10.1 Å². The number of rotatable bonds is 9. The van der Waals surface area contributed by atoms with Crippen LogP contribution in [0.3, 0.4) is 0 Å². The Morgan fingerprint density at radius 1 is 1.03 bits per heavy atom. The third kappa shape index (κ3) is 6.32. The first-order valence-electron chi connectivity index (χ1n) is 9.82. The highest BCUT2D eigenvalue weighted by molar-refractivity contribution is 7.92. The van der Waals surface area contributed by atoms with Gasteiger partial charge in [0.15, 0.2) is 6.61 Å². The van der Waals surface area contributed by atoms with E-state index in [1.54, 1.807) is 25.1 Å². The summed E-state index contributed by atoms with van der Waals surface area (Å²) in [5.41, 5.74) is 1.99. The topological polar surface area (TPSA) is 102 Å². The molecule has 2 N–H and O–H groups in total. The summed E-state index contributed by atoms with van der Waals surface area (Å²) in [7, 11) is -3.89. The first-order chi connectivity index (χ1) is 14.2. The van der Waals surface area contributed by atoms with Crippen LogP contribution in [0, 0.1) is 13.8 Å². The van der Waals surface area contributed by atoms with E-state index in [0.29, 0.717) is 11.3 Å². The summed E-state index contributed by atoms with van der Waals surface area (Å²) in [5, 5.41) is 2.78. The first-order valence-corrected chi connectivity index (χ1v) is 11.3. The summed E-state index contributed by atoms with van der Waals surface area (Å²) >= 11 is 0. The molecular formula is C22H28N2O5S. The van der Waals surface area contributed by atoms with Gasteiger partial charge in [-0.3, -0.25) is 9.52 Å². The van der Waals surface area contributed by atoms with Gasteiger partial charge in [0.1, 0.15) is 0 Å². The van der Waals surface area contributed by atoms with Crippen LogP contribution in [0.15, 0.2) is 47.4 Å². The van der Waals surface area contributed by atoms with Crippen molar-refractivity contribution in [3.63, 3.8) is 0 Å². The maximum absolute atomic E-state index is 12.7. The molecule has 0 bridgehead atoms. The summed E-state index contributed by atoms with van der Waals surface area (Å²) in [4.78, 5) is 24.3. The van der Waals surface area contributed by atoms with Crippen molar-refractivity contribution in [2.24, 2.45) is 0 Å². The Labute approximate surface area is 177 Å². The average Bonchev–Trinajstić information content (AvgIpc) is 2.70. The maximum Gasteiger partial charge on any atom is 0.338 e. The molecule has 0 saturated heterocycles. The highest BCUT2D eigenvalue weighted by Crippen LogP contribution is 2.20. The summed E-state index contributed by atoms with van der Waals surface area (Å²) in [6, 6.07) is 11.2. The smallest absolute Gasteiger partial charge is 0.338 e. The van der Waals surface area contributed by atoms with E-state index >= 15 is 0 Å². The Hall–Kier alpha value is -2.87. The van der Waals surface area contributed by atoms with Crippen LogP contribution in [0.4, 0.5) is 5.69 Å². The number of carbonyl (C=O) groups is 2. The van der Waals surface area contributed by atoms with Crippen molar-refractivity contribution in [3.8, 4) is 0 Å². The van der Waals surface area contributed by atoms with Crippen LogP contribution in [0.1, 0.15) is 48.2 Å². The third-order valence-electron chi connectivity index (χ3n) is 4.69. The fraction of sp³-hybridized carbons (Fsp3) is 0.364. The molecule has 0 saturated carbocycles. The van der Waals surface area contributed by atoms with Crippen LogP contribution in [0.25, 0.3) is 0 Å². The van der Waals surface area contributed by atoms with E-state index in [-0.39, 0.29) is 22.4 Å². The number of benzene rings is 2. The van der Waals surface area contributed by atoms with Crippen molar-refractivity contribution < 1.29 is 22.7 Å². The fourth-order valence-corrected chi connectivity index (χ4v) is 3.96. The van der Waals surface area contributed by atoms with Gasteiger partial charge in [0, 0.05) is 11.7 Å². The molecule has 0 fully saturated rings. The number of nitrogens with one attached hydrogen (secondary N) is 2. The Bertz CT molecular complexity index is 1010. The van der Waals surface area contributed by atoms with E-state index in [1.165, 1.54) is 18.2 Å². The second-order valence-corrected chi connectivity index (χ2v) is 8.79. The lowest BCUT2D eigenvalue weighted by molar-refractivity contribution is -0.125. The number of esters is 1. The van der Waals surface area contributed by atoms with Crippen LogP contribution in [-0.2, 0) is 19.6 Å². The van der Waals surface area contributed by atoms with Gasteiger partial charge in [-0.05, 0) is 62.1 Å². The molecule has 0 atom stereocenters. The minimum absolute atomic E-state index is 0.0270. The SMILES string of the molecule is CCC(CC)NC(=O)COC(=O)c1cc(S(=O)(=O)Nc2cccc(C)c2)ccc1C. The van der Waals surface area contributed by atoms with Gasteiger partial charge in [-0.15, -0.1) is 0 Å². The van der Waals surface area contributed by atoms with E-state index < -0.39 is 22.6 Å². The standard InChI is InChI=1S/C22H28N2O5S/c1-5-17(6-2)23-21(25)14-29-22(26)20-13-19(11-10-16(20)4)30(27,28)24-18-9-7-8-15(3)12-18/h7-13,17,24H,5-6,14H2,1-4H3,(H,23,25). The van der Waals surface area contributed by atoms with Gasteiger partial charge in [-0.25, -0.2) is 13.2 Å². The predicted molar refractivity (Wildman–Crippen MR) is 116 cm³/mol. The van der Waals surface area contributed by atoms with Crippen molar-refractivity contribution in [2.45, 2.75) is 51.5 Å². The molecule has 2 rings (SSSR count). The molecule has 2 aromatic carbocycles. The number of hydrogen-bond acceptors (Lipinski definition) is 5. The van der Waals surface area contributed by atoms with E-state index in [0.717, 1.165) is 18.4 Å². The lowest BCUT2D eigenvalue weighted by Crippen LogP contribution is -2.36. The van der Waals surface area contributed by atoms with Gasteiger partial charge >= 0.3 is 5.97 Å². The summed E-state index contributed by atoms with van der Waals surface area (Å²) in [6.07, 6.45) is 1.56. The number of carbonyl (C=O) groups excluding carboxylic acids is 2. The fourth-order valence-electron chi connectivity index (χ4n) is 2.88. The van der Waals surface area contributed by atoms with Gasteiger partial charge in [-0.1, -0.05) is 32.0 Å². The molecule has 0 aromatic heterocycles. The molecule has 0 aliphatic heterocycles. The molecule has 0 unspecified atom stereocenters. The lowest BCUT2D eigenvalue weighted by Gasteiger charge is -2.15. The second kappa shape index (κ2) is 10.2. The molecule has 8 heteroatoms. The van der Waals surface area contributed by atoms with Crippen LogP contribution in [-0.4, -0.2) is 32.9 Å². The summed E-state index contributed by atoms with van der Waals surface area (Å²) in [5.74, 6) is -1.14. The van der Waals surface area contributed by atoms with Crippen molar-refractivity contribution in [1.82, 2.24) is 5.32 Å². The number of amides is 1. The molecule has 162 valence electrons. The largest absolute Gasteiger partial charge is 0.452 e. The van der Waals surface area contributed by atoms with E-state index in [9.17, 15) is 18.0 Å². The Kier molecular flexibility index (Phi) is 8.00. The molecular weight excluding hydrogens is 404 g/mol. The molecule has 0 aliphatic rings. The summed E-state index contributed by atoms with van der Waals surface area (Å²) in [6.45, 7) is 7.02. The zero-order valence-corrected chi connectivity index (χ0v) is 18.5. The molecule has 0 spiro atoms. The van der Waals surface area contributed by atoms with Crippen molar-refractivity contribution in [2.75, 3.05) is 11.3 Å². The minimum atomic E-state index is -3.89. The molecule has 0 radical (unpaired) electrons. The Balaban J connectivity index is 2.13. The normalized spacial score (nSPS) is 11.2. The van der Waals surface area contributed by atoms with Gasteiger partial charge in [0.2, 0.25) is 0 Å². The zero-order valence-electron chi connectivity index (χ0n) is 17.7. The van der Waals surface area contributed by atoms with Crippen LogP contribution < -0.4 is 10.0 Å². The number of aryl methyl sites for hydroxylation is 2. The van der Waals surface area contributed by atoms with Crippen molar-refractivity contribution in [1.29, 1.82) is 0 Å². The minimum Gasteiger partial charge on any atom is -0.452 e. The van der Waals surface area contributed by atoms with Crippen molar-refractivity contribution >= 4 is 27.6 Å². The van der Waals surface area contributed by atoms with Crippen molar-refractivity contribution in [3.05, 3.63) is 59.2 Å².